The fourth-order valence-corrected chi connectivity index (χ4v) is 1.07. The molecule has 0 saturated carbocycles. The number of carboxylic acid groups (broad SMARTS) is 1. The number of aromatic nitrogens is 2. The highest BCUT2D eigenvalue weighted by Gasteiger charge is 2.20. The van der Waals surface area contributed by atoms with E-state index < -0.39 is 11.6 Å². The highest BCUT2D eigenvalue weighted by atomic mass is 19.1. The van der Waals surface area contributed by atoms with Gasteiger partial charge in [-0.25, -0.2) is 9.18 Å². The van der Waals surface area contributed by atoms with Crippen LogP contribution in [0.25, 0.3) is 0 Å². The van der Waals surface area contributed by atoms with E-state index in [2.05, 4.69) is 21.7 Å². The molecule has 0 aromatic carbocycles. The van der Waals surface area contributed by atoms with E-state index in [0.717, 1.165) is 0 Å². The van der Waals surface area contributed by atoms with Gasteiger partial charge in [0.1, 0.15) is 12.0 Å². The number of rotatable bonds is 5. The van der Waals surface area contributed by atoms with Crippen molar-refractivity contribution in [1.82, 2.24) is 10.4 Å². The van der Waals surface area contributed by atoms with E-state index in [9.17, 15) is 14.0 Å². The van der Waals surface area contributed by atoms with Crippen LogP contribution >= 0.6 is 0 Å². The van der Waals surface area contributed by atoms with Gasteiger partial charge in [-0.05, 0) is 18.9 Å². The second-order valence-corrected chi connectivity index (χ2v) is 4.69. The van der Waals surface area contributed by atoms with E-state index in [1.165, 1.54) is 51.1 Å². The normalized spacial score (nSPS) is 10.0. The number of halogens is 1. The van der Waals surface area contributed by atoms with Crippen LogP contribution in [0.15, 0.2) is 30.8 Å². The number of carbonyl (C=O) groups excluding carboxylic acids is 1. The van der Waals surface area contributed by atoms with E-state index in [1.54, 1.807) is 0 Å². The minimum atomic E-state index is -1.41. The van der Waals surface area contributed by atoms with Crippen molar-refractivity contribution in [2.24, 2.45) is 0 Å². The predicted molar refractivity (Wildman–Crippen MR) is 76.8 cm³/mol. The van der Waals surface area contributed by atoms with Crippen LogP contribution in [0.5, 0.6) is 0 Å². The Morgan fingerprint density at radius 2 is 2.14 bits per heavy atom. The van der Waals surface area contributed by atoms with Gasteiger partial charge in [-0.1, -0.05) is 11.3 Å². The molecule has 1 aromatic heterocycles. The summed E-state index contributed by atoms with van der Waals surface area (Å²) in [5.74, 6) is -1.06. The number of hydrogen-bond donors (Lipinski definition) is 2. The summed E-state index contributed by atoms with van der Waals surface area (Å²) in [6.07, 6.45) is 2.64. The maximum absolute atomic E-state index is 12.6. The number of methoxy groups -OCH3 is 1. The van der Waals surface area contributed by atoms with Crippen molar-refractivity contribution in [1.29, 1.82) is 0 Å². The average Bonchev–Trinajstić information content (AvgIpc) is 2.46. The van der Waals surface area contributed by atoms with Gasteiger partial charge in [0.15, 0.2) is 11.9 Å². The zero-order valence-corrected chi connectivity index (χ0v) is 13.1. The van der Waals surface area contributed by atoms with Crippen molar-refractivity contribution >= 4 is 11.9 Å². The van der Waals surface area contributed by atoms with Crippen LogP contribution in [0, 0.1) is 0 Å². The van der Waals surface area contributed by atoms with Crippen LogP contribution < -0.4 is 10.00 Å². The first kappa shape index (κ1) is 19.5. The lowest BCUT2D eigenvalue weighted by molar-refractivity contribution is -0.742. The summed E-state index contributed by atoms with van der Waals surface area (Å²) < 4.78 is 18.5. The predicted octanol–water partition coefficient (Wildman–Crippen LogP) is 0.708. The van der Waals surface area contributed by atoms with Gasteiger partial charge in [0.05, 0.1) is 12.7 Å². The number of nitrogens with one attached hydrogen (secondary N) is 1. The zero-order valence-electron chi connectivity index (χ0n) is 13.1. The monoisotopic (exact) mass is 314 g/mol. The van der Waals surface area contributed by atoms with E-state index in [1.807, 2.05) is 0 Å². The third kappa shape index (κ3) is 7.32. The van der Waals surface area contributed by atoms with Gasteiger partial charge in [-0.3, -0.25) is 4.79 Å². The lowest BCUT2D eigenvalue weighted by Gasteiger charge is -2.14. The molecule has 0 bridgehead atoms. The number of ether oxygens (including phenoxy) is 1. The number of hydrogen-bond acceptors (Lipinski definition) is 4. The number of carboxylic acids is 1. The third-order valence-corrected chi connectivity index (χ3v) is 2.51. The Kier molecular flexibility index (Phi) is 7.71. The summed E-state index contributed by atoms with van der Waals surface area (Å²) in [6.45, 7) is 6.23. The molecule has 0 saturated heterocycles. The Morgan fingerprint density at radius 1 is 1.55 bits per heavy atom. The minimum Gasteiger partial charge on any atom is -0.498 e. The smallest absolute Gasteiger partial charge is 0.337 e. The highest BCUT2D eigenvalue weighted by Crippen LogP contribution is 2.18. The van der Waals surface area contributed by atoms with Crippen LogP contribution in [0.4, 0.5) is 4.39 Å². The number of carbonyl (C=O) groups is 2. The number of amides is 1. The van der Waals surface area contributed by atoms with E-state index in [-0.39, 0.29) is 23.8 Å². The second kappa shape index (κ2) is 8.71. The Morgan fingerprint density at radius 3 is 2.41 bits per heavy atom. The number of nitrogens with zero attached hydrogens (tertiary/aromatic N) is 2. The first-order valence-electron chi connectivity index (χ1n) is 6.33. The third-order valence-electron chi connectivity index (χ3n) is 2.51. The molecule has 7 nitrogen and oxygen atoms in total. The van der Waals surface area contributed by atoms with Gasteiger partial charge in [0, 0.05) is 13.1 Å². The molecular weight excluding hydrogens is 293 g/mol. The van der Waals surface area contributed by atoms with Crippen LogP contribution in [-0.2, 0) is 16.1 Å². The summed E-state index contributed by atoms with van der Waals surface area (Å²) in [5.41, 5.74) is -1.31. The van der Waals surface area contributed by atoms with Crippen LogP contribution in [-0.4, -0.2) is 41.9 Å². The van der Waals surface area contributed by atoms with Crippen LogP contribution in [0.2, 0.25) is 0 Å². The topological polar surface area (TPSA) is 92.4 Å². The molecule has 1 heterocycles. The maximum atomic E-state index is 12.6. The van der Waals surface area contributed by atoms with E-state index in [0.29, 0.717) is 0 Å². The van der Waals surface area contributed by atoms with Gasteiger partial charge in [-0.15, -0.1) is 0 Å². The molecule has 0 aliphatic rings. The maximum Gasteiger partial charge on any atom is 0.337 e. The molecule has 1 aromatic rings. The van der Waals surface area contributed by atoms with Crippen molar-refractivity contribution < 1.29 is 28.5 Å². The Balaban J connectivity index is 0.000000472. The number of alkyl halides is 1. The van der Waals surface area contributed by atoms with Crippen molar-refractivity contribution in [3.63, 3.8) is 0 Å². The Bertz CT molecular complexity index is 524. The van der Waals surface area contributed by atoms with Gasteiger partial charge in [-0.2, -0.15) is 0 Å². The van der Waals surface area contributed by atoms with Gasteiger partial charge >= 0.3 is 5.97 Å². The summed E-state index contributed by atoms with van der Waals surface area (Å²) in [6, 6.07) is 1.39. The zero-order chi connectivity index (χ0) is 17.3. The lowest BCUT2D eigenvalue weighted by atomic mass is 10.1. The fourth-order valence-electron chi connectivity index (χ4n) is 1.07. The molecule has 0 radical (unpaired) electrons. The minimum absolute atomic E-state index is 0.0798. The Hall–Kier alpha value is -2.51. The molecule has 8 heteroatoms. The van der Waals surface area contributed by atoms with Gasteiger partial charge in [0.25, 0.3) is 12.5 Å². The largest absolute Gasteiger partial charge is 0.498 e. The number of aromatic carboxylic acids is 1. The molecule has 0 aliphatic carbocycles. The number of likely N-dealkylation sites (N-methyl/N-ethyl adjacent to an activating group) is 1. The molecule has 2 N–H and O–H groups in total. The summed E-state index contributed by atoms with van der Waals surface area (Å²) in [5, 5.41) is 14.8. The van der Waals surface area contributed by atoms with Crippen molar-refractivity contribution in [2.45, 2.75) is 26.1 Å². The highest BCUT2D eigenvalue weighted by molar-refractivity contribution is 5.86. The first-order chi connectivity index (χ1) is 10.1. The van der Waals surface area contributed by atoms with E-state index in [4.69, 9.17) is 5.11 Å². The molecule has 0 fully saturated rings. The molecule has 1 rings (SSSR count). The molecule has 22 heavy (non-hydrogen) atoms. The van der Waals surface area contributed by atoms with Crippen molar-refractivity contribution in [3.8, 4) is 0 Å². The number of allylic oxidation sites excluding steroid dienone is 1. The summed E-state index contributed by atoms with van der Waals surface area (Å²) in [4.78, 5) is 21.4. The van der Waals surface area contributed by atoms with Crippen LogP contribution in [0.3, 0.4) is 0 Å². The quantitative estimate of drug-likeness (QED) is 0.617. The van der Waals surface area contributed by atoms with Crippen LogP contribution in [0.1, 0.15) is 24.2 Å². The van der Waals surface area contributed by atoms with Crippen molar-refractivity contribution in [3.05, 3.63) is 36.4 Å². The molecule has 1 amide bonds. The standard InChI is InChI=1S/C8H9N3O3.C6H11FO/c1-9-7(12)5-11-3-2-6(4-10-11)8(13)14;1-5(8-4)6(2,3)7/h2-4H,5H2,1H3,(H-,9,12,13,14);1H2,2-4H3/p+1. The summed E-state index contributed by atoms with van der Waals surface area (Å²) in [7, 11) is 2.93. The van der Waals surface area contributed by atoms with E-state index >= 15 is 0 Å². The molecule has 0 aliphatic heterocycles. The summed E-state index contributed by atoms with van der Waals surface area (Å²) >= 11 is 0. The second-order valence-electron chi connectivity index (χ2n) is 4.69. The lowest BCUT2D eigenvalue weighted by Crippen LogP contribution is -2.44. The molecule has 122 valence electrons. The van der Waals surface area contributed by atoms with Crippen molar-refractivity contribution in [2.75, 3.05) is 14.2 Å². The average molecular weight is 314 g/mol. The molecule has 0 unspecified atom stereocenters. The Labute approximate surface area is 128 Å². The molecule has 0 spiro atoms. The molecule has 0 atom stereocenters. The molecular formula is C14H21FN3O4+. The first-order valence-corrected chi connectivity index (χ1v) is 6.33. The fraction of sp³-hybridized carbons (Fsp3) is 0.429. The van der Waals surface area contributed by atoms with Gasteiger partial charge in [0.2, 0.25) is 0 Å². The SMILES string of the molecule is C=C(OC)C(C)(C)F.CNC(=O)C[n+]1ccc(C(=O)O)cn1. The van der Waals surface area contributed by atoms with Gasteiger partial charge < -0.3 is 15.2 Å².